The van der Waals surface area contributed by atoms with Crippen LogP contribution in [-0.4, -0.2) is 15.2 Å². The lowest BCUT2D eigenvalue weighted by atomic mass is 9.89. The second kappa shape index (κ2) is 8.20. The van der Waals surface area contributed by atoms with Crippen LogP contribution in [0, 0.1) is 11.3 Å². The van der Waals surface area contributed by atoms with Gasteiger partial charge in [-0.1, -0.05) is 74.0 Å². The molecule has 1 aromatic heterocycles. The number of rotatable bonds is 5. The number of benzene rings is 2. The molecule has 5 heteroatoms. The van der Waals surface area contributed by atoms with Gasteiger partial charge in [-0.3, -0.25) is 4.79 Å². The van der Waals surface area contributed by atoms with E-state index in [0.717, 1.165) is 29.2 Å². The minimum Gasteiger partial charge on any atom is -0.301 e. The van der Waals surface area contributed by atoms with Gasteiger partial charge >= 0.3 is 0 Å². The molecule has 4 rings (SSSR count). The molecule has 2 aromatic carbocycles. The summed E-state index contributed by atoms with van der Waals surface area (Å²) < 4.78 is 0. The molecule has 0 aliphatic heterocycles. The fourth-order valence-corrected chi connectivity index (χ4v) is 5.26. The van der Waals surface area contributed by atoms with Crippen LogP contribution in [0.3, 0.4) is 0 Å². The molecule has 1 fully saturated rings. The van der Waals surface area contributed by atoms with Crippen molar-refractivity contribution < 1.29 is 0 Å². The van der Waals surface area contributed by atoms with E-state index < -0.39 is 5.92 Å². The molecule has 142 valence electrons. The quantitative estimate of drug-likeness (QED) is 0.611. The summed E-state index contributed by atoms with van der Waals surface area (Å²) in [4.78, 5) is 20.5. The van der Waals surface area contributed by atoms with Crippen molar-refractivity contribution in [1.29, 1.82) is 5.26 Å². The van der Waals surface area contributed by atoms with E-state index in [9.17, 15) is 10.1 Å². The minimum atomic E-state index is -0.564. The van der Waals surface area contributed by atoms with Crippen molar-refractivity contribution in [3.63, 3.8) is 0 Å². The molecule has 0 radical (unpaired) electrons. The Hall–Kier alpha value is -2.58. The molecule has 0 spiro atoms. The van der Waals surface area contributed by atoms with E-state index in [0.29, 0.717) is 28.1 Å². The summed E-state index contributed by atoms with van der Waals surface area (Å²) in [7, 11) is 0. The first-order valence-electron chi connectivity index (χ1n) is 9.88. The highest BCUT2D eigenvalue weighted by molar-refractivity contribution is 7.99. The van der Waals surface area contributed by atoms with E-state index in [4.69, 9.17) is 4.98 Å². The lowest BCUT2D eigenvalue weighted by Crippen LogP contribution is -2.21. The van der Waals surface area contributed by atoms with Crippen molar-refractivity contribution in [3.05, 3.63) is 69.6 Å². The monoisotopic (exact) mass is 389 g/mol. The van der Waals surface area contributed by atoms with Crippen LogP contribution in [0.5, 0.6) is 0 Å². The number of nitrogens with zero attached hydrogens (tertiary/aromatic N) is 2. The smallest absolute Gasteiger partial charge is 0.255 e. The number of hydrogen-bond donors (Lipinski definition) is 1. The van der Waals surface area contributed by atoms with Crippen LogP contribution in [0.2, 0.25) is 0 Å². The molecule has 1 aliphatic carbocycles. The fourth-order valence-electron chi connectivity index (χ4n) is 4.07. The molecule has 0 saturated heterocycles. The molecule has 4 nitrogen and oxygen atoms in total. The number of aromatic amines is 1. The van der Waals surface area contributed by atoms with Gasteiger partial charge in [0.2, 0.25) is 0 Å². The van der Waals surface area contributed by atoms with Crippen molar-refractivity contribution in [2.45, 2.75) is 55.4 Å². The number of aromatic nitrogens is 2. The zero-order chi connectivity index (χ0) is 19.5. The molecule has 1 N–H and O–H groups in total. The van der Waals surface area contributed by atoms with Crippen LogP contribution in [0.4, 0.5) is 0 Å². The molecular weight excluding hydrogens is 366 g/mol. The molecule has 0 amide bonds. The molecule has 1 saturated carbocycles. The summed E-state index contributed by atoms with van der Waals surface area (Å²) >= 11 is 1.65. The molecule has 1 aliphatic rings. The summed E-state index contributed by atoms with van der Waals surface area (Å²) in [5.41, 5.74) is 2.00. The summed E-state index contributed by atoms with van der Waals surface area (Å²) in [6.07, 6.45) is 5.33. The molecule has 1 atom stereocenters. The molecule has 1 heterocycles. The summed E-state index contributed by atoms with van der Waals surface area (Å²) in [5, 5.41) is 13.3. The van der Waals surface area contributed by atoms with Gasteiger partial charge in [-0.2, -0.15) is 5.26 Å². The molecule has 1 unspecified atom stereocenters. The van der Waals surface area contributed by atoms with E-state index in [2.05, 4.69) is 11.1 Å². The van der Waals surface area contributed by atoms with Crippen LogP contribution in [0.25, 0.3) is 10.8 Å². The average molecular weight is 390 g/mol. The maximum atomic E-state index is 12.8. The standard InChI is InChI=1S/C23H23N3OS/c1-2-17-21(25-23(26-22(17)27)28-16-10-4-5-11-16)20(14-24)19-13-7-9-15-8-3-6-12-18(15)19/h3,6-9,12-13,16,20H,2,4-5,10-11H2,1H3,(H,25,26,27). The highest BCUT2D eigenvalue weighted by atomic mass is 32.2. The minimum absolute atomic E-state index is 0.117. The molecule has 28 heavy (non-hydrogen) atoms. The number of hydrogen-bond acceptors (Lipinski definition) is 4. The number of fused-ring (bicyclic) bond motifs is 1. The van der Waals surface area contributed by atoms with E-state index in [-0.39, 0.29) is 5.56 Å². The van der Waals surface area contributed by atoms with Gasteiger partial charge in [-0.15, -0.1) is 0 Å². The topological polar surface area (TPSA) is 69.5 Å². The van der Waals surface area contributed by atoms with Gasteiger partial charge in [0.15, 0.2) is 5.16 Å². The third-order valence-electron chi connectivity index (χ3n) is 5.50. The maximum absolute atomic E-state index is 12.8. The van der Waals surface area contributed by atoms with Gasteiger partial charge in [0, 0.05) is 10.8 Å². The van der Waals surface area contributed by atoms with Crippen molar-refractivity contribution in [2.24, 2.45) is 0 Å². The van der Waals surface area contributed by atoms with Gasteiger partial charge in [-0.05, 0) is 35.6 Å². The first kappa shape index (κ1) is 18.8. The lowest BCUT2D eigenvalue weighted by molar-refractivity contribution is 0.800. The zero-order valence-electron chi connectivity index (χ0n) is 15.9. The average Bonchev–Trinajstić information content (AvgIpc) is 3.22. The first-order chi connectivity index (χ1) is 13.7. The van der Waals surface area contributed by atoms with E-state index >= 15 is 0 Å². The van der Waals surface area contributed by atoms with Crippen LogP contribution >= 0.6 is 11.8 Å². The Balaban J connectivity index is 1.83. The van der Waals surface area contributed by atoms with E-state index in [1.165, 1.54) is 12.8 Å². The van der Waals surface area contributed by atoms with Gasteiger partial charge in [0.1, 0.15) is 5.92 Å². The van der Waals surface area contributed by atoms with E-state index in [1.54, 1.807) is 11.8 Å². The molecule has 0 bridgehead atoms. The Kier molecular flexibility index (Phi) is 5.50. The largest absolute Gasteiger partial charge is 0.301 e. The Morgan fingerprint density at radius 2 is 1.96 bits per heavy atom. The number of nitriles is 1. The van der Waals surface area contributed by atoms with Crippen molar-refractivity contribution >= 4 is 22.5 Å². The second-order valence-electron chi connectivity index (χ2n) is 7.24. The number of H-pyrrole nitrogens is 1. The fraction of sp³-hybridized carbons (Fsp3) is 0.348. The van der Waals surface area contributed by atoms with Gasteiger partial charge < -0.3 is 4.98 Å². The molecule has 3 aromatic rings. The van der Waals surface area contributed by atoms with Crippen molar-refractivity contribution in [1.82, 2.24) is 9.97 Å². The summed E-state index contributed by atoms with van der Waals surface area (Å²) in [6.45, 7) is 1.94. The SMILES string of the molecule is CCc1c(C(C#N)c2cccc3ccccc23)nc(SC2CCCC2)[nH]c1=O. The summed E-state index contributed by atoms with van der Waals surface area (Å²) in [6, 6.07) is 16.5. The van der Waals surface area contributed by atoms with Crippen LogP contribution in [-0.2, 0) is 6.42 Å². The number of nitrogens with one attached hydrogen (secondary N) is 1. The van der Waals surface area contributed by atoms with E-state index in [1.807, 2.05) is 49.4 Å². The first-order valence-corrected chi connectivity index (χ1v) is 10.8. The van der Waals surface area contributed by atoms with Gasteiger partial charge in [0.05, 0.1) is 11.8 Å². The lowest BCUT2D eigenvalue weighted by Gasteiger charge is -2.17. The zero-order valence-corrected chi connectivity index (χ0v) is 16.8. The third kappa shape index (κ3) is 3.57. The Labute approximate surface area is 169 Å². The normalized spacial score (nSPS) is 15.6. The maximum Gasteiger partial charge on any atom is 0.255 e. The second-order valence-corrected chi connectivity index (χ2v) is 8.53. The van der Waals surface area contributed by atoms with Crippen LogP contribution in [0.1, 0.15) is 55.3 Å². The third-order valence-corrected chi connectivity index (χ3v) is 6.72. The highest BCUT2D eigenvalue weighted by Gasteiger charge is 2.25. The van der Waals surface area contributed by atoms with Crippen LogP contribution in [0.15, 0.2) is 52.4 Å². The van der Waals surface area contributed by atoms with Crippen molar-refractivity contribution in [3.8, 4) is 6.07 Å². The van der Waals surface area contributed by atoms with Crippen LogP contribution < -0.4 is 5.56 Å². The van der Waals surface area contributed by atoms with Gasteiger partial charge in [0.25, 0.3) is 5.56 Å². The predicted molar refractivity (Wildman–Crippen MR) is 114 cm³/mol. The summed E-state index contributed by atoms with van der Waals surface area (Å²) in [5.74, 6) is -0.564. The van der Waals surface area contributed by atoms with Gasteiger partial charge in [-0.25, -0.2) is 4.98 Å². The Morgan fingerprint density at radius 3 is 2.71 bits per heavy atom. The number of thioether (sulfide) groups is 1. The molecular formula is C23H23N3OS. The predicted octanol–water partition coefficient (Wildman–Crippen LogP) is 5.18. The highest BCUT2D eigenvalue weighted by Crippen LogP contribution is 2.35. The Bertz CT molecular complexity index is 1090. The Morgan fingerprint density at radius 1 is 1.21 bits per heavy atom. The van der Waals surface area contributed by atoms with Crippen molar-refractivity contribution in [2.75, 3.05) is 0 Å².